The lowest BCUT2D eigenvalue weighted by atomic mass is 10.2. The lowest BCUT2D eigenvalue weighted by molar-refractivity contribution is -0.132. The number of hydrogen-bond donors (Lipinski definition) is 1. The zero-order chi connectivity index (χ0) is 8.69. The largest absolute Gasteiger partial charge is 0.478 e. The third kappa shape index (κ3) is 4.49. The Morgan fingerprint density at radius 1 is 1.64 bits per heavy atom. The molecule has 1 N–H and O–H groups in total. The van der Waals surface area contributed by atoms with Crippen LogP contribution in [0.2, 0.25) is 0 Å². The molecule has 0 aliphatic rings. The van der Waals surface area contributed by atoms with Gasteiger partial charge in [-0.05, 0) is 6.42 Å². The maximum atomic E-state index is 10.4. The van der Waals surface area contributed by atoms with Crippen LogP contribution in [0, 0.1) is 0 Å². The molecule has 4 heteroatoms. The first-order valence-electron chi connectivity index (χ1n) is 3.58. The highest BCUT2D eigenvalue weighted by molar-refractivity contribution is 6.71. The van der Waals surface area contributed by atoms with Gasteiger partial charge in [-0.1, -0.05) is 19.0 Å². The van der Waals surface area contributed by atoms with E-state index in [4.69, 9.17) is 5.11 Å². The summed E-state index contributed by atoms with van der Waals surface area (Å²) in [5, 5.41) is 8.57. The van der Waals surface area contributed by atoms with Crippen LogP contribution in [0.1, 0.15) is 19.8 Å². The Kier molecular flexibility index (Phi) is 5.37. The average molecular weight is 172 g/mol. The molecule has 0 amide bonds. The first kappa shape index (κ1) is 10.1. The van der Waals surface area contributed by atoms with Crippen LogP contribution >= 0.6 is 0 Å². The number of carbonyl (C=O) groups is 2. The molecule has 0 unspecified atom stereocenters. The summed E-state index contributed by atoms with van der Waals surface area (Å²) in [7, 11) is -0.912. The van der Waals surface area contributed by atoms with Gasteiger partial charge in [0.2, 0.25) is 0 Å². The highest BCUT2D eigenvalue weighted by Gasteiger charge is 2.03. The van der Waals surface area contributed by atoms with Crippen molar-refractivity contribution in [3.8, 4) is 0 Å². The van der Waals surface area contributed by atoms with Gasteiger partial charge >= 0.3 is 5.97 Å². The van der Waals surface area contributed by atoms with Crippen molar-refractivity contribution in [1.82, 2.24) is 0 Å². The van der Waals surface area contributed by atoms with Crippen molar-refractivity contribution in [3.63, 3.8) is 0 Å². The molecule has 0 saturated heterocycles. The lowest BCUT2D eigenvalue weighted by Crippen LogP contribution is -2.02. The van der Waals surface area contributed by atoms with E-state index in [1.54, 1.807) is 5.70 Å². The van der Waals surface area contributed by atoms with E-state index in [1.165, 1.54) is 0 Å². The predicted octanol–water partition coefficient (Wildman–Crippen LogP) is 0.114. The third-order valence-corrected chi connectivity index (χ3v) is 2.18. The van der Waals surface area contributed by atoms with Gasteiger partial charge in [0.15, 0.2) is 0 Å². The first-order chi connectivity index (χ1) is 5.22. The van der Waals surface area contributed by atoms with E-state index < -0.39 is 15.5 Å². The smallest absolute Gasteiger partial charge is 0.330 e. The van der Waals surface area contributed by atoms with E-state index in [0.29, 0.717) is 12.0 Å². The van der Waals surface area contributed by atoms with Crippen molar-refractivity contribution in [2.75, 3.05) is 0 Å². The molecule has 0 rings (SSSR count). The second-order valence-electron chi connectivity index (χ2n) is 2.19. The second kappa shape index (κ2) is 5.85. The fourth-order valence-electron chi connectivity index (χ4n) is 0.756. The first-order valence-corrected chi connectivity index (χ1v) is 5.21. The number of hydrogen-bond acceptors (Lipinski definition) is 2. The van der Waals surface area contributed by atoms with Gasteiger partial charge in [-0.25, -0.2) is 4.79 Å². The predicted molar refractivity (Wildman–Crippen MR) is 45.9 cm³/mol. The number of aliphatic carboxylic acids is 1. The van der Waals surface area contributed by atoms with Crippen LogP contribution in [0.25, 0.3) is 0 Å². The molecule has 0 heterocycles. The van der Waals surface area contributed by atoms with Gasteiger partial charge in [0.1, 0.15) is 9.52 Å². The molecule has 0 saturated carbocycles. The Balaban J connectivity index is 4.07. The van der Waals surface area contributed by atoms with Crippen molar-refractivity contribution < 1.29 is 14.7 Å². The molecular formula is C7H12O3Si. The molecular weight excluding hydrogens is 160 g/mol. The summed E-state index contributed by atoms with van der Waals surface area (Å²) in [6.45, 7) is 1.92. The molecule has 62 valence electrons. The average Bonchev–Trinajstić information content (AvgIpc) is 1.97. The summed E-state index contributed by atoms with van der Waals surface area (Å²) in [6.07, 6.45) is 1.38. The number of carboxylic acids is 1. The van der Waals surface area contributed by atoms with Gasteiger partial charge in [-0.15, -0.1) is 0 Å². The zero-order valence-corrected chi connectivity index (χ0v) is 7.95. The van der Waals surface area contributed by atoms with Gasteiger partial charge in [0, 0.05) is 5.57 Å². The quantitative estimate of drug-likeness (QED) is 0.364. The van der Waals surface area contributed by atoms with Crippen molar-refractivity contribution in [1.29, 1.82) is 0 Å². The summed E-state index contributed by atoms with van der Waals surface area (Å²) >= 11 is 0. The van der Waals surface area contributed by atoms with Gasteiger partial charge in [-0.2, -0.15) is 0 Å². The van der Waals surface area contributed by atoms with Crippen molar-refractivity contribution in [2.24, 2.45) is 0 Å². The van der Waals surface area contributed by atoms with E-state index in [1.807, 2.05) is 6.92 Å². The molecule has 11 heavy (non-hydrogen) atoms. The Labute approximate surface area is 67.9 Å². The monoisotopic (exact) mass is 172 g/mol. The molecule has 0 aliphatic heterocycles. The van der Waals surface area contributed by atoms with Crippen LogP contribution in [-0.4, -0.2) is 26.5 Å². The van der Waals surface area contributed by atoms with Crippen LogP contribution < -0.4 is 0 Å². The Morgan fingerprint density at radius 2 is 2.27 bits per heavy atom. The molecule has 0 aromatic heterocycles. The summed E-state index contributed by atoms with van der Waals surface area (Å²) < 4.78 is 0. The van der Waals surface area contributed by atoms with Crippen LogP contribution in [0.3, 0.4) is 0 Å². The summed E-state index contributed by atoms with van der Waals surface area (Å²) in [4.78, 5) is 20.4. The summed E-state index contributed by atoms with van der Waals surface area (Å²) in [6, 6.07) is 0. The van der Waals surface area contributed by atoms with Gasteiger partial charge in [-0.3, -0.25) is 0 Å². The highest BCUT2D eigenvalue weighted by Crippen LogP contribution is 2.03. The molecule has 0 atom stereocenters. The number of rotatable bonds is 5. The molecule has 0 aliphatic carbocycles. The molecule has 3 nitrogen and oxygen atoms in total. The van der Waals surface area contributed by atoms with Crippen molar-refractivity contribution in [3.05, 3.63) is 11.3 Å². The highest BCUT2D eigenvalue weighted by atomic mass is 28.2. The van der Waals surface area contributed by atoms with Crippen molar-refractivity contribution in [2.45, 2.75) is 19.8 Å². The molecule has 0 aromatic rings. The van der Waals surface area contributed by atoms with E-state index in [9.17, 15) is 9.59 Å². The Hall–Kier alpha value is -0.903. The van der Waals surface area contributed by atoms with Crippen molar-refractivity contribution >= 4 is 21.4 Å². The molecule has 0 aromatic carbocycles. The SMILES string of the molecule is CCCC(=C[SiH2]C=O)C(=O)O. The topological polar surface area (TPSA) is 54.4 Å². The minimum atomic E-state index is -0.912. The summed E-state index contributed by atoms with van der Waals surface area (Å²) in [5.74, 6) is -0.0558. The van der Waals surface area contributed by atoms with Crippen LogP contribution in [-0.2, 0) is 9.59 Å². The van der Waals surface area contributed by atoms with E-state index >= 15 is 0 Å². The molecule has 0 radical (unpaired) electrons. The summed E-state index contributed by atoms with van der Waals surface area (Å²) in [5.41, 5.74) is 1.99. The van der Waals surface area contributed by atoms with Gasteiger partial charge in [0.05, 0.1) is 5.91 Å². The zero-order valence-electron chi connectivity index (χ0n) is 6.54. The Bertz CT molecular complexity index is 175. The number of carboxylic acid groups (broad SMARTS) is 1. The standard InChI is InChI=1S/C7H12O3Si/c1-2-3-6(7(9)10)4-11-5-8/h4-5H,2-3,11H2,1H3,(H,9,10). The molecule has 0 spiro atoms. The van der Waals surface area contributed by atoms with Crippen LogP contribution in [0.15, 0.2) is 11.3 Å². The maximum absolute atomic E-state index is 10.4. The lowest BCUT2D eigenvalue weighted by Gasteiger charge is -1.96. The van der Waals surface area contributed by atoms with E-state index in [-0.39, 0.29) is 0 Å². The Morgan fingerprint density at radius 3 is 2.64 bits per heavy atom. The molecule has 0 bridgehead atoms. The normalized spacial score (nSPS) is 12.3. The van der Waals surface area contributed by atoms with E-state index in [0.717, 1.165) is 12.3 Å². The molecule has 0 fully saturated rings. The maximum Gasteiger partial charge on any atom is 0.330 e. The van der Waals surface area contributed by atoms with E-state index in [2.05, 4.69) is 0 Å². The van der Waals surface area contributed by atoms with Crippen LogP contribution in [0.4, 0.5) is 0 Å². The van der Waals surface area contributed by atoms with Crippen LogP contribution in [0.5, 0.6) is 0 Å². The van der Waals surface area contributed by atoms with Gasteiger partial charge in [0.25, 0.3) is 0 Å². The third-order valence-electron chi connectivity index (χ3n) is 1.25. The second-order valence-corrected chi connectivity index (χ2v) is 3.40. The fraction of sp³-hybridized carbons (Fsp3) is 0.429. The fourth-order valence-corrected chi connectivity index (χ4v) is 1.52. The number of carbonyl (C=O) groups excluding carboxylic acids is 1. The van der Waals surface area contributed by atoms with Gasteiger partial charge < -0.3 is 9.90 Å². The minimum Gasteiger partial charge on any atom is -0.478 e. The minimum absolute atomic E-state index is 0.395.